The third kappa shape index (κ3) is 3.66. The van der Waals surface area contributed by atoms with Crippen LogP contribution in [-0.4, -0.2) is 34.3 Å². The smallest absolute Gasteiger partial charge is 0.237 e. The fourth-order valence-corrected chi connectivity index (χ4v) is 2.74. The van der Waals surface area contributed by atoms with Crippen LogP contribution in [0.1, 0.15) is 39.0 Å². The normalized spacial score (nSPS) is 17.4. The summed E-state index contributed by atoms with van der Waals surface area (Å²) in [6.45, 7) is 1.82. The second kappa shape index (κ2) is 6.68. The summed E-state index contributed by atoms with van der Waals surface area (Å²) >= 11 is 4.91. The van der Waals surface area contributed by atoms with Crippen LogP contribution in [0.5, 0.6) is 0 Å². The topological polar surface area (TPSA) is 89.4 Å². The highest BCUT2D eigenvalue weighted by molar-refractivity contribution is 7.80. The first-order valence-electron chi connectivity index (χ1n) is 6.35. The van der Waals surface area contributed by atoms with Crippen LogP contribution in [0.25, 0.3) is 0 Å². The first-order valence-corrected chi connectivity index (χ1v) is 6.76. The first-order chi connectivity index (χ1) is 8.47. The van der Waals surface area contributed by atoms with Gasteiger partial charge in [-0.15, -0.1) is 0 Å². The maximum absolute atomic E-state index is 12.4. The van der Waals surface area contributed by atoms with Crippen LogP contribution in [0.2, 0.25) is 0 Å². The number of amides is 2. The Kier molecular flexibility index (Phi) is 5.53. The van der Waals surface area contributed by atoms with Crippen molar-refractivity contribution in [1.82, 2.24) is 4.90 Å². The van der Waals surface area contributed by atoms with Crippen molar-refractivity contribution in [1.29, 1.82) is 0 Å². The fourth-order valence-electron chi connectivity index (χ4n) is 2.47. The molecule has 0 bridgehead atoms. The summed E-state index contributed by atoms with van der Waals surface area (Å²) in [5.74, 6) is -1.14. The standard InChI is InChI=1S/C12H21N3O2S/c1-2-9(11(14)18)12(17)15(7-10(13)16)8-5-3-4-6-8/h8-9H,2-7H2,1H3,(H2,13,16)(H2,14,18). The molecule has 1 rings (SSSR count). The summed E-state index contributed by atoms with van der Waals surface area (Å²) in [6, 6.07) is 0.105. The minimum Gasteiger partial charge on any atom is -0.393 e. The second-order valence-corrected chi connectivity index (χ2v) is 5.21. The summed E-state index contributed by atoms with van der Waals surface area (Å²) in [6.07, 6.45) is 4.56. The number of rotatable bonds is 6. The van der Waals surface area contributed by atoms with E-state index in [1.165, 1.54) is 0 Å². The van der Waals surface area contributed by atoms with E-state index in [1.807, 2.05) is 6.92 Å². The van der Waals surface area contributed by atoms with Crippen molar-refractivity contribution in [3.05, 3.63) is 0 Å². The van der Waals surface area contributed by atoms with E-state index in [1.54, 1.807) is 4.90 Å². The van der Waals surface area contributed by atoms with E-state index in [0.717, 1.165) is 25.7 Å². The Bertz CT molecular complexity index is 340. The van der Waals surface area contributed by atoms with Crippen molar-refractivity contribution in [2.24, 2.45) is 17.4 Å². The van der Waals surface area contributed by atoms with Crippen LogP contribution in [0, 0.1) is 5.92 Å². The predicted octanol–water partition coefficient (Wildman–Crippen LogP) is 0.555. The number of thiocarbonyl (C=S) groups is 1. The molecule has 6 heteroatoms. The van der Waals surface area contributed by atoms with Crippen molar-refractivity contribution in [3.63, 3.8) is 0 Å². The molecule has 0 aromatic carbocycles. The van der Waals surface area contributed by atoms with E-state index in [0.29, 0.717) is 6.42 Å². The predicted molar refractivity (Wildman–Crippen MR) is 73.7 cm³/mol. The summed E-state index contributed by atoms with van der Waals surface area (Å²) in [7, 11) is 0. The van der Waals surface area contributed by atoms with Gasteiger partial charge in [0.2, 0.25) is 11.8 Å². The number of nitrogens with two attached hydrogens (primary N) is 2. The van der Waals surface area contributed by atoms with Gasteiger partial charge in [-0.3, -0.25) is 9.59 Å². The molecule has 0 aromatic heterocycles. The molecule has 5 nitrogen and oxygen atoms in total. The molecular weight excluding hydrogens is 250 g/mol. The summed E-state index contributed by atoms with van der Waals surface area (Å²) in [5, 5.41) is 0. The van der Waals surface area contributed by atoms with Crippen molar-refractivity contribution in [2.45, 2.75) is 45.1 Å². The molecule has 102 valence electrons. The van der Waals surface area contributed by atoms with Crippen molar-refractivity contribution >= 4 is 29.0 Å². The number of hydrogen-bond donors (Lipinski definition) is 2. The van der Waals surface area contributed by atoms with Crippen molar-refractivity contribution in [2.75, 3.05) is 6.54 Å². The van der Waals surface area contributed by atoms with Gasteiger partial charge >= 0.3 is 0 Å². The average Bonchev–Trinajstić information content (AvgIpc) is 2.79. The van der Waals surface area contributed by atoms with Gasteiger partial charge in [-0.05, 0) is 19.3 Å². The summed E-state index contributed by atoms with van der Waals surface area (Å²) < 4.78 is 0. The molecule has 4 N–H and O–H groups in total. The highest BCUT2D eigenvalue weighted by Gasteiger charge is 2.32. The SMILES string of the molecule is CCC(C(=O)N(CC(N)=O)C1CCCC1)C(N)=S. The van der Waals surface area contributed by atoms with E-state index < -0.39 is 11.8 Å². The van der Waals surface area contributed by atoms with E-state index >= 15 is 0 Å². The molecule has 2 amide bonds. The first kappa shape index (κ1) is 14.9. The van der Waals surface area contributed by atoms with Crippen LogP contribution in [0.3, 0.4) is 0 Å². The molecule has 1 fully saturated rings. The quantitative estimate of drug-likeness (QED) is 0.691. The Morgan fingerprint density at radius 3 is 2.28 bits per heavy atom. The fraction of sp³-hybridized carbons (Fsp3) is 0.750. The lowest BCUT2D eigenvalue weighted by atomic mass is 10.0. The van der Waals surface area contributed by atoms with Gasteiger partial charge < -0.3 is 16.4 Å². The zero-order valence-corrected chi connectivity index (χ0v) is 11.5. The largest absolute Gasteiger partial charge is 0.393 e. The number of carbonyl (C=O) groups is 2. The number of primary amides is 1. The summed E-state index contributed by atoms with van der Waals surface area (Å²) in [5.41, 5.74) is 10.8. The molecule has 1 aliphatic rings. The van der Waals surface area contributed by atoms with Gasteiger partial charge in [0.1, 0.15) is 0 Å². The van der Waals surface area contributed by atoms with Gasteiger partial charge in [-0.25, -0.2) is 0 Å². The molecule has 1 unspecified atom stereocenters. The molecule has 0 heterocycles. The van der Waals surface area contributed by atoms with Gasteiger partial charge in [-0.1, -0.05) is 32.0 Å². The number of nitrogens with zero attached hydrogens (tertiary/aromatic N) is 1. The van der Waals surface area contributed by atoms with Crippen LogP contribution >= 0.6 is 12.2 Å². The minimum atomic E-state index is -0.493. The Morgan fingerprint density at radius 1 is 1.33 bits per heavy atom. The Morgan fingerprint density at radius 2 is 1.89 bits per heavy atom. The van der Waals surface area contributed by atoms with Gasteiger partial charge in [0.15, 0.2) is 0 Å². The zero-order chi connectivity index (χ0) is 13.7. The lowest BCUT2D eigenvalue weighted by Crippen LogP contribution is -2.49. The lowest BCUT2D eigenvalue weighted by molar-refractivity contribution is -0.139. The highest BCUT2D eigenvalue weighted by Crippen LogP contribution is 2.25. The molecule has 0 radical (unpaired) electrons. The van der Waals surface area contributed by atoms with Crippen LogP contribution in [0.15, 0.2) is 0 Å². The van der Waals surface area contributed by atoms with Gasteiger partial charge in [-0.2, -0.15) is 0 Å². The molecule has 0 aliphatic heterocycles. The van der Waals surface area contributed by atoms with E-state index in [2.05, 4.69) is 0 Å². The molecule has 0 spiro atoms. The van der Waals surface area contributed by atoms with E-state index in [4.69, 9.17) is 23.7 Å². The average molecular weight is 271 g/mol. The molecule has 18 heavy (non-hydrogen) atoms. The maximum Gasteiger partial charge on any atom is 0.237 e. The van der Waals surface area contributed by atoms with Crippen LogP contribution < -0.4 is 11.5 Å². The zero-order valence-electron chi connectivity index (χ0n) is 10.7. The molecule has 1 atom stereocenters. The van der Waals surface area contributed by atoms with Gasteiger partial charge in [0, 0.05) is 6.04 Å². The summed E-state index contributed by atoms with van der Waals surface area (Å²) in [4.78, 5) is 25.3. The Labute approximate surface area is 113 Å². The van der Waals surface area contributed by atoms with Crippen LogP contribution in [-0.2, 0) is 9.59 Å². The third-order valence-corrected chi connectivity index (χ3v) is 3.71. The molecule has 0 saturated heterocycles. The molecule has 1 aliphatic carbocycles. The lowest BCUT2D eigenvalue weighted by Gasteiger charge is -2.30. The molecular formula is C12H21N3O2S. The second-order valence-electron chi connectivity index (χ2n) is 4.73. The monoisotopic (exact) mass is 271 g/mol. The van der Waals surface area contributed by atoms with Crippen molar-refractivity contribution < 1.29 is 9.59 Å². The Balaban J connectivity index is 2.83. The maximum atomic E-state index is 12.4. The third-order valence-electron chi connectivity index (χ3n) is 3.42. The van der Waals surface area contributed by atoms with Gasteiger partial charge in [0.05, 0.1) is 17.5 Å². The molecule has 0 aromatic rings. The van der Waals surface area contributed by atoms with E-state index in [9.17, 15) is 9.59 Å². The molecule has 1 saturated carbocycles. The van der Waals surface area contributed by atoms with E-state index in [-0.39, 0.29) is 23.5 Å². The Hall–Kier alpha value is -1.17. The van der Waals surface area contributed by atoms with Gasteiger partial charge in [0.25, 0.3) is 0 Å². The van der Waals surface area contributed by atoms with Crippen LogP contribution in [0.4, 0.5) is 0 Å². The number of hydrogen-bond acceptors (Lipinski definition) is 3. The van der Waals surface area contributed by atoms with Crippen molar-refractivity contribution in [3.8, 4) is 0 Å². The highest BCUT2D eigenvalue weighted by atomic mass is 32.1. The minimum absolute atomic E-state index is 0.0391. The number of carbonyl (C=O) groups excluding carboxylic acids is 2.